The number of rotatable bonds is 4. The molecule has 1 saturated heterocycles. The molecule has 1 aromatic carbocycles. The number of fused-ring (bicyclic) bond motifs is 2. The number of piperidine rings is 1. The zero-order valence-corrected chi connectivity index (χ0v) is 20.2. The molecule has 3 heterocycles. The molecule has 0 amide bonds. The second-order valence-electron chi connectivity index (χ2n) is 10.0. The van der Waals surface area contributed by atoms with Crippen molar-refractivity contribution in [3.8, 4) is 0 Å². The lowest BCUT2D eigenvalue weighted by Crippen LogP contribution is -2.45. The fourth-order valence-electron chi connectivity index (χ4n) is 4.36. The van der Waals surface area contributed by atoms with E-state index in [-0.39, 0.29) is 17.4 Å². The molecule has 0 atom stereocenters. The number of benzene rings is 1. The van der Waals surface area contributed by atoms with Crippen LogP contribution in [0.2, 0.25) is 0 Å². The van der Waals surface area contributed by atoms with E-state index in [0.717, 1.165) is 55.0 Å². The highest BCUT2D eigenvalue weighted by Gasteiger charge is 2.30. The first-order valence-electron chi connectivity index (χ1n) is 11.5. The molecule has 0 spiro atoms. The molecule has 8 heteroatoms. The number of hydrogen-bond donors (Lipinski definition) is 1. The van der Waals surface area contributed by atoms with Gasteiger partial charge in [-0.2, -0.15) is 0 Å². The van der Waals surface area contributed by atoms with Crippen molar-refractivity contribution in [3.05, 3.63) is 44.5 Å². The summed E-state index contributed by atoms with van der Waals surface area (Å²) in [6.45, 7) is 16.8. The molecule has 33 heavy (non-hydrogen) atoms. The second kappa shape index (κ2) is 8.74. The molecule has 0 radical (unpaired) electrons. The van der Waals surface area contributed by atoms with Gasteiger partial charge in [0, 0.05) is 13.1 Å². The van der Waals surface area contributed by atoms with Crippen LogP contribution < -0.4 is 21.3 Å². The highest BCUT2D eigenvalue weighted by molar-refractivity contribution is 5.77. The fourth-order valence-corrected chi connectivity index (χ4v) is 4.36. The molecule has 1 N–H and O–H groups in total. The number of anilines is 2. The SMILES string of the molecule is C=c1nc2c(c(=O)[nH]1)=Nc1cc(C)c(C)cc1N2CCN1CCC(C(=O)OC(C)(C)C)CC1. The molecular weight excluding hydrogens is 418 g/mol. The van der Waals surface area contributed by atoms with Crippen LogP contribution in [-0.2, 0) is 9.53 Å². The van der Waals surface area contributed by atoms with Crippen molar-refractivity contribution in [2.24, 2.45) is 10.9 Å². The summed E-state index contributed by atoms with van der Waals surface area (Å²) in [5, 5.41) is 0.321. The molecule has 0 bridgehead atoms. The van der Waals surface area contributed by atoms with Crippen molar-refractivity contribution in [1.29, 1.82) is 0 Å². The highest BCUT2D eigenvalue weighted by Crippen LogP contribution is 2.36. The molecular formula is C25H33N5O3. The average Bonchev–Trinajstić information content (AvgIpc) is 2.72. The summed E-state index contributed by atoms with van der Waals surface area (Å²) >= 11 is 0. The van der Waals surface area contributed by atoms with Crippen molar-refractivity contribution < 1.29 is 9.53 Å². The zero-order chi connectivity index (χ0) is 23.9. The average molecular weight is 452 g/mol. The predicted molar refractivity (Wildman–Crippen MR) is 129 cm³/mol. The van der Waals surface area contributed by atoms with Crippen molar-refractivity contribution >= 4 is 29.7 Å². The van der Waals surface area contributed by atoms with Crippen LogP contribution in [-0.4, -0.2) is 52.6 Å². The number of esters is 1. The Morgan fingerprint density at radius 2 is 1.85 bits per heavy atom. The molecule has 2 aliphatic heterocycles. The van der Waals surface area contributed by atoms with E-state index < -0.39 is 5.60 Å². The topological polar surface area (TPSA) is 90.9 Å². The molecule has 8 nitrogen and oxygen atoms in total. The van der Waals surface area contributed by atoms with E-state index >= 15 is 0 Å². The second-order valence-corrected chi connectivity index (χ2v) is 10.0. The Kier molecular flexibility index (Phi) is 6.14. The quantitative estimate of drug-likeness (QED) is 0.717. The number of H-pyrrole nitrogens is 1. The van der Waals surface area contributed by atoms with Crippen LogP contribution in [0.1, 0.15) is 44.7 Å². The number of aryl methyl sites for hydroxylation is 2. The first-order chi connectivity index (χ1) is 15.5. The summed E-state index contributed by atoms with van der Waals surface area (Å²) in [6, 6.07) is 4.13. The highest BCUT2D eigenvalue weighted by atomic mass is 16.6. The maximum atomic E-state index is 12.6. The standard InChI is InChI=1S/C25H33N5O3/c1-15-13-19-20(14-16(15)2)30(22-21(28-19)23(31)27-17(3)26-22)12-11-29-9-7-18(8-10-29)24(32)33-25(4,5)6/h13-14,18H,3,7-12H2,1-2,4-6H3,(H,27,31). The molecule has 4 rings (SSSR count). The van der Waals surface area contributed by atoms with Gasteiger partial charge < -0.3 is 19.5 Å². The van der Waals surface area contributed by atoms with E-state index in [4.69, 9.17) is 4.74 Å². The van der Waals surface area contributed by atoms with Gasteiger partial charge in [0.1, 0.15) is 11.1 Å². The largest absolute Gasteiger partial charge is 0.460 e. The number of aromatic nitrogens is 2. The fraction of sp³-hybridized carbons (Fsp3) is 0.520. The van der Waals surface area contributed by atoms with Gasteiger partial charge in [0.05, 0.1) is 17.3 Å². The van der Waals surface area contributed by atoms with Gasteiger partial charge in [-0.1, -0.05) is 6.58 Å². The third-order valence-corrected chi connectivity index (χ3v) is 6.26. The number of hydrogen-bond acceptors (Lipinski definition) is 7. The summed E-state index contributed by atoms with van der Waals surface area (Å²) < 4.78 is 5.57. The third-order valence-electron chi connectivity index (χ3n) is 6.26. The number of ether oxygens (including phenoxy) is 1. The lowest BCUT2D eigenvalue weighted by molar-refractivity contribution is -0.161. The maximum absolute atomic E-state index is 12.6. The number of carbonyl (C=O) groups excluding carboxylic acids is 1. The van der Waals surface area contributed by atoms with Crippen molar-refractivity contribution in [1.82, 2.24) is 14.9 Å². The van der Waals surface area contributed by atoms with Crippen molar-refractivity contribution in [3.63, 3.8) is 0 Å². The summed E-state index contributed by atoms with van der Waals surface area (Å²) in [7, 11) is 0. The minimum absolute atomic E-state index is 0.0460. The van der Waals surface area contributed by atoms with Gasteiger partial charge in [-0.3, -0.25) is 9.59 Å². The Labute approximate surface area is 194 Å². The molecule has 0 aliphatic carbocycles. The van der Waals surface area contributed by atoms with E-state index in [1.54, 1.807) is 0 Å². The number of nitrogens with one attached hydrogen (secondary N) is 1. The normalized spacial score (nSPS) is 16.7. The van der Waals surface area contributed by atoms with Gasteiger partial charge in [-0.25, -0.2) is 9.98 Å². The van der Waals surface area contributed by atoms with Crippen molar-refractivity contribution in [2.45, 2.75) is 53.1 Å². The molecule has 2 aliphatic rings. The van der Waals surface area contributed by atoms with E-state index in [1.807, 2.05) is 33.8 Å². The van der Waals surface area contributed by atoms with Crippen LogP contribution in [0.5, 0.6) is 0 Å². The van der Waals surface area contributed by atoms with Gasteiger partial charge in [0.2, 0.25) is 0 Å². The monoisotopic (exact) mass is 451 g/mol. The predicted octanol–water partition coefficient (Wildman–Crippen LogP) is 2.25. The van der Waals surface area contributed by atoms with Crippen LogP contribution in [0.25, 0.3) is 6.58 Å². The van der Waals surface area contributed by atoms with E-state index in [0.29, 0.717) is 23.2 Å². The Hall–Kier alpha value is -3.00. The Morgan fingerprint density at radius 3 is 2.52 bits per heavy atom. The summed E-state index contributed by atoms with van der Waals surface area (Å²) in [5.41, 5.74) is 3.60. The Morgan fingerprint density at radius 1 is 1.18 bits per heavy atom. The van der Waals surface area contributed by atoms with Gasteiger partial charge in [-0.05, 0) is 83.8 Å². The molecule has 176 valence electrons. The summed E-state index contributed by atoms with van der Waals surface area (Å²) in [4.78, 5) is 41.2. The van der Waals surface area contributed by atoms with E-state index in [1.165, 1.54) is 0 Å². The molecule has 1 aromatic heterocycles. The minimum Gasteiger partial charge on any atom is -0.460 e. The van der Waals surface area contributed by atoms with Crippen LogP contribution >= 0.6 is 0 Å². The van der Waals surface area contributed by atoms with Crippen LogP contribution in [0.15, 0.2) is 21.9 Å². The van der Waals surface area contributed by atoms with E-state index in [9.17, 15) is 9.59 Å². The first kappa shape index (κ1) is 23.2. The summed E-state index contributed by atoms with van der Waals surface area (Å²) in [6.07, 6.45) is 1.58. The van der Waals surface area contributed by atoms with E-state index in [2.05, 4.69) is 44.3 Å². The van der Waals surface area contributed by atoms with Gasteiger partial charge in [0.25, 0.3) is 5.56 Å². The lowest BCUT2D eigenvalue weighted by atomic mass is 9.96. The van der Waals surface area contributed by atoms with Gasteiger partial charge in [0.15, 0.2) is 11.2 Å². The van der Waals surface area contributed by atoms with Crippen LogP contribution in [0.4, 0.5) is 17.2 Å². The Bertz CT molecular complexity index is 1240. The molecule has 2 aromatic rings. The minimum atomic E-state index is -0.456. The summed E-state index contributed by atoms with van der Waals surface area (Å²) in [5.74, 6) is 0.401. The molecule has 0 saturated carbocycles. The number of carbonyl (C=O) groups is 1. The third kappa shape index (κ3) is 5.00. The molecule has 0 unspecified atom stereocenters. The van der Waals surface area contributed by atoms with Crippen LogP contribution in [0, 0.1) is 19.8 Å². The molecule has 1 fully saturated rings. The lowest BCUT2D eigenvalue weighted by Gasteiger charge is -2.35. The number of aromatic amines is 1. The zero-order valence-electron chi connectivity index (χ0n) is 20.2. The number of likely N-dealkylation sites (tertiary alicyclic amines) is 1. The Balaban J connectivity index is 1.52. The number of nitrogens with zero attached hydrogens (tertiary/aromatic N) is 4. The van der Waals surface area contributed by atoms with Crippen LogP contribution in [0.3, 0.4) is 0 Å². The van der Waals surface area contributed by atoms with Crippen molar-refractivity contribution in [2.75, 3.05) is 31.1 Å². The van der Waals surface area contributed by atoms with Gasteiger partial charge >= 0.3 is 5.97 Å². The first-order valence-corrected chi connectivity index (χ1v) is 11.5. The van der Waals surface area contributed by atoms with Gasteiger partial charge in [-0.15, -0.1) is 0 Å². The maximum Gasteiger partial charge on any atom is 0.309 e. The smallest absolute Gasteiger partial charge is 0.309 e.